The van der Waals surface area contributed by atoms with E-state index >= 15 is 0 Å². The number of benzene rings is 4. The molecule has 52 heavy (non-hydrogen) atoms. The summed E-state index contributed by atoms with van der Waals surface area (Å²) in [5.41, 5.74) is 8.83. The second-order valence-electron chi connectivity index (χ2n) is 11.1. The molecule has 0 saturated carbocycles. The molecule has 0 amide bonds. The van der Waals surface area contributed by atoms with Crippen LogP contribution in [0.2, 0.25) is 10.0 Å². The molecule has 0 heterocycles. The zero-order valence-electron chi connectivity index (χ0n) is 29.5. The molecule has 0 aromatic heterocycles. The van der Waals surface area contributed by atoms with Crippen LogP contribution in [0.5, 0.6) is 11.5 Å². The number of nitrogens with zero attached hydrogens (tertiary/aromatic N) is 2. The smallest absolute Gasteiger partial charge is 0.872 e. The predicted molar refractivity (Wildman–Crippen MR) is 190 cm³/mol. The van der Waals surface area contributed by atoms with E-state index in [1.165, 1.54) is 47.8 Å². The van der Waals surface area contributed by atoms with Crippen molar-refractivity contribution in [3.63, 3.8) is 0 Å². The average Bonchev–Trinajstić information content (AvgIpc) is 2.98. The summed E-state index contributed by atoms with van der Waals surface area (Å²) in [7, 11) is 0. The quantitative estimate of drug-likeness (QED) is 0.185. The molecule has 0 bridgehead atoms. The molecular weight excluding hydrogens is 801 g/mol. The van der Waals surface area contributed by atoms with E-state index in [-0.39, 0.29) is 56.2 Å². The molecule has 0 aliphatic carbocycles. The van der Waals surface area contributed by atoms with E-state index in [1.807, 2.05) is 65.8 Å². The van der Waals surface area contributed by atoms with Gasteiger partial charge in [0.2, 0.25) is 0 Å². The topological polar surface area (TPSA) is 185 Å². The van der Waals surface area contributed by atoms with E-state index in [2.05, 4.69) is 9.98 Å². The Morgan fingerprint density at radius 2 is 0.769 bits per heavy atom. The molecule has 14 heteroatoms. The summed E-state index contributed by atoms with van der Waals surface area (Å²) >= 11 is 11.8. The molecule has 0 fully saturated rings. The number of halogens is 2. The van der Waals surface area contributed by atoms with E-state index in [9.17, 15) is 19.8 Å². The van der Waals surface area contributed by atoms with Gasteiger partial charge in [-0.15, -0.1) is 0 Å². The molecule has 0 N–H and O–H groups in total. The van der Waals surface area contributed by atoms with Gasteiger partial charge in [0.05, 0.1) is 11.4 Å². The number of carboxylic acids is 2. The largest absolute Gasteiger partial charge is 2.00 e. The number of aryl methyl sites for hydroxylation is 6. The maximum Gasteiger partial charge on any atom is 2.00 e. The van der Waals surface area contributed by atoms with Gasteiger partial charge in [-0.2, -0.15) is 0 Å². The molecule has 4 rings (SSSR count). The fraction of sp³-hybridized carbons (Fsp3) is 0.211. The van der Waals surface area contributed by atoms with E-state index in [4.69, 9.17) is 43.0 Å². The fourth-order valence-electron chi connectivity index (χ4n) is 4.66. The number of hydrogen-bond acceptors (Lipinski definition) is 10. The van der Waals surface area contributed by atoms with Crippen molar-refractivity contribution in [3.8, 4) is 11.5 Å². The second-order valence-corrected chi connectivity index (χ2v) is 11.9. The SMILES string of the molecule is CC(=O)[O-].CC(=O)[O-].Cc1cc(C)c(N=Cc2cc(Cl)cc(C=O)c2[O-])c(C)c1.Cc1cc(C)c(N=Cc2cc(Cl)cc(C=O)c2[O-])c(C)c1.[Co+2].[Co+2]. The van der Waals surface area contributed by atoms with Crippen molar-refractivity contribution >= 4 is 71.5 Å². The third-order valence-electron chi connectivity index (χ3n) is 6.41. The van der Waals surface area contributed by atoms with Crippen LogP contribution in [0.25, 0.3) is 0 Å². The minimum Gasteiger partial charge on any atom is -0.872 e. The van der Waals surface area contributed by atoms with Crippen LogP contribution in [0.15, 0.2) is 58.5 Å². The van der Waals surface area contributed by atoms with Gasteiger partial charge in [-0.25, -0.2) is 0 Å². The second kappa shape index (κ2) is 24.0. The van der Waals surface area contributed by atoms with Gasteiger partial charge >= 0.3 is 33.6 Å². The Morgan fingerprint density at radius 1 is 0.538 bits per heavy atom. The molecule has 4 aromatic rings. The number of aldehydes is 2. The zero-order valence-corrected chi connectivity index (χ0v) is 33.1. The number of rotatable bonds is 6. The van der Waals surface area contributed by atoms with Crippen molar-refractivity contribution in [2.45, 2.75) is 55.4 Å². The molecule has 10 nitrogen and oxygen atoms in total. The Labute approximate surface area is 334 Å². The summed E-state index contributed by atoms with van der Waals surface area (Å²) in [6.45, 7) is 13.9. The molecule has 0 unspecified atom stereocenters. The van der Waals surface area contributed by atoms with Crippen LogP contribution in [-0.4, -0.2) is 36.9 Å². The third-order valence-corrected chi connectivity index (χ3v) is 6.85. The van der Waals surface area contributed by atoms with Gasteiger partial charge in [-0.05, 0) is 113 Å². The molecular formula is C38H36Cl2Co2N2O8. The maximum atomic E-state index is 12.0. The van der Waals surface area contributed by atoms with E-state index in [1.54, 1.807) is 0 Å². The van der Waals surface area contributed by atoms with E-state index in [0.717, 1.165) is 47.5 Å². The maximum absolute atomic E-state index is 12.0. The Kier molecular flexibility index (Phi) is 23.0. The van der Waals surface area contributed by atoms with Gasteiger partial charge < -0.3 is 30.0 Å². The van der Waals surface area contributed by atoms with Crippen molar-refractivity contribution in [3.05, 3.63) is 114 Å². The number of aliphatic carboxylic acids is 2. The summed E-state index contributed by atoms with van der Waals surface area (Å²) in [6, 6.07) is 13.9. The van der Waals surface area contributed by atoms with Crippen LogP contribution in [0.4, 0.5) is 11.4 Å². The monoisotopic (exact) mass is 836 g/mol. The fourth-order valence-corrected chi connectivity index (χ4v) is 5.13. The summed E-state index contributed by atoms with van der Waals surface area (Å²) < 4.78 is 0. The van der Waals surface area contributed by atoms with Crippen LogP contribution in [0.1, 0.15) is 79.1 Å². The molecule has 0 spiro atoms. The van der Waals surface area contributed by atoms with Crippen LogP contribution in [-0.2, 0) is 43.1 Å². The Bertz CT molecular complexity index is 1750. The molecule has 0 aliphatic heterocycles. The number of aliphatic imine (C=N–C) groups is 2. The first-order chi connectivity index (χ1) is 23.3. The Morgan fingerprint density at radius 3 is 1.00 bits per heavy atom. The van der Waals surface area contributed by atoms with Crippen LogP contribution in [0, 0.1) is 41.5 Å². The third kappa shape index (κ3) is 16.8. The summed E-state index contributed by atoms with van der Waals surface area (Å²) in [5.74, 6) is -2.89. The van der Waals surface area contributed by atoms with Crippen LogP contribution < -0.4 is 20.4 Å². The normalized spacial score (nSPS) is 9.88. The number of carboxylic acid groups (broad SMARTS) is 2. The zero-order chi connectivity index (χ0) is 38.3. The van der Waals surface area contributed by atoms with Crippen LogP contribution >= 0.6 is 23.2 Å². The van der Waals surface area contributed by atoms with Gasteiger partial charge in [0.1, 0.15) is 12.6 Å². The van der Waals surface area contributed by atoms with Crippen molar-refractivity contribution in [1.29, 1.82) is 0 Å². The standard InChI is InChI=1S/2C17H16ClNO2.2C2H4O2.2Co/c2*1-10-4-11(2)16(12(3)5-10)19-8-13-6-15(18)7-14(9-20)17(13)21;2*1-2(3)4;;/h2*4-9,21H,1-3H3;2*1H3,(H,3,4);;/q;;;;2*+2/p-4. The first kappa shape index (κ1) is 49.8. The number of hydrogen-bond donors (Lipinski definition) is 0. The molecule has 4 aromatic carbocycles. The van der Waals surface area contributed by atoms with Crippen LogP contribution in [0.3, 0.4) is 0 Å². The summed E-state index contributed by atoms with van der Waals surface area (Å²) in [6.07, 6.45) is 3.94. The Balaban J connectivity index is 0. The molecule has 278 valence electrons. The number of carbonyl (C=O) groups is 4. The van der Waals surface area contributed by atoms with Gasteiger partial charge in [0.15, 0.2) is 0 Å². The van der Waals surface area contributed by atoms with E-state index in [0.29, 0.717) is 33.7 Å². The first-order valence-corrected chi connectivity index (χ1v) is 15.6. The molecule has 2 radical (unpaired) electrons. The van der Waals surface area contributed by atoms with Crippen molar-refractivity contribution in [2.24, 2.45) is 9.98 Å². The average molecular weight is 837 g/mol. The van der Waals surface area contributed by atoms with Crippen molar-refractivity contribution in [2.75, 3.05) is 0 Å². The summed E-state index contributed by atoms with van der Waals surface area (Å²) in [5, 5.41) is 42.5. The van der Waals surface area contributed by atoms with Gasteiger partial charge in [0.25, 0.3) is 0 Å². The number of carbonyl (C=O) groups excluding carboxylic acids is 4. The molecule has 0 saturated heterocycles. The first-order valence-electron chi connectivity index (χ1n) is 14.8. The predicted octanol–water partition coefficient (Wildman–Crippen LogP) is 5.31. The molecule has 0 atom stereocenters. The molecule has 0 aliphatic rings. The Hall–Kier alpha value is -4.31. The summed E-state index contributed by atoms with van der Waals surface area (Å²) in [4.78, 5) is 48.3. The van der Waals surface area contributed by atoms with Gasteiger partial charge in [0, 0.05) is 45.5 Å². The minimum atomic E-state index is -1.08. The minimum absolute atomic E-state index is 0. The van der Waals surface area contributed by atoms with Crippen molar-refractivity contribution in [1.82, 2.24) is 0 Å². The van der Waals surface area contributed by atoms with Crippen molar-refractivity contribution < 1.29 is 73.2 Å². The van der Waals surface area contributed by atoms with E-state index < -0.39 is 11.9 Å². The van der Waals surface area contributed by atoms with Gasteiger partial charge in [-0.3, -0.25) is 19.6 Å². The van der Waals surface area contributed by atoms with Gasteiger partial charge in [-0.1, -0.05) is 70.1 Å².